The molecule has 2 rings (SSSR count). The van der Waals surface area contributed by atoms with Gasteiger partial charge in [-0.25, -0.2) is 8.42 Å². The predicted molar refractivity (Wildman–Crippen MR) is 108 cm³/mol. The van der Waals surface area contributed by atoms with Crippen molar-refractivity contribution < 1.29 is 17.9 Å². The van der Waals surface area contributed by atoms with Crippen molar-refractivity contribution in [1.82, 2.24) is 4.31 Å². The molecule has 0 radical (unpaired) electrons. The predicted octanol–water partition coefficient (Wildman–Crippen LogP) is 4.85. The van der Waals surface area contributed by atoms with E-state index in [-0.39, 0.29) is 26.7 Å². The molecule has 0 saturated carbocycles. The van der Waals surface area contributed by atoms with E-state index < -0.39 is 10.0 Å². The zero-order valence-electron chi connectivity index (χ0n) is 14.7. The van der Waals surface area contributed by atoms with Gasteiger partial charge in [0.15, 0.2) is 0 Å². The Kier molecular flexibility index (Phi) is 8.82. The standard InChI is InChI=1S/C18H20Cl3NO4S/c1-22(27(23,24)18-16(20)10-15(19)11-17(18)21)13-26-9-5-8-25-12-14-6-3-2-4-7-14/h2-4,6-7,10-11H,5,8-9,12-13H2,1H3. The van der Waals surface area contributed by atoms with E-state index in [0.717, 1.165) is 9.87 Å². The highest BCUT2D eigenvalue weighted by molar-refractivity contribution is 7.89. The van der Waals surface area contributed by atoms with Gasteiger partial charge in [0.05, 0.1) is 23.3 Å². The average Bonchev–Trinajstić information content (AvgIpc) is 2.60. The van der Waals surface area contributed by atoms with Crippen LogP contribution in [-0.2, 0) is 26.1 Å². The van der Waals surface area contributed by atoms with E-state index in [1.54, 1.807) is 0 Å². The highest BCUT2D eigenvalue weighted by Crippen LogP contribution is 2.34. The topological polar surface area (TPSA) is 55.8 Å². The highest BCUT2D eigenvalue weighted by Gasteiger charge is 2.27. The first kappa shape index (κ1) is 22.4. The summed E-state index contributed by atoms with van der Waals surface area (Å²) in [5.74, 6) is 0. The summed E-state index contributed by atoms with van der Waals surface area (Å²) in [5.41, 5.74) is 1.10. The van der Waals surface area contributed by atoms with Gasteiger partial charge in [0.25, 0.3) is 0 Å². The first-order valence-corrected chi connectivity index (χ1v) is 10.7. The molecular weight excluding hydrogens is 433 g/mol. The van der Waals surface area contributed by atoms with Crippen molar-refractivity contribution in [2.75, 3.05) is 27.0 Å². The number of rotatable bonds is 10. The fraction of sp³-hybridized carbons (Fsp3) is 0.333. The number of benzene rings is 2. The summed E-state index contributed by atoms with van der Waals surface area (Å²) in [6.07, 6.45) is 0.642. The molecule has 0 aliphatic heterocycles. The van der Waals surface area contributed by atoms with Gasteiger partial charge < -0.3 is 9.47 Å². The Morgan fingerprint density at radius 1 is 0.963 bits per heavy atom. The van der Waals surface area contributed by atoms with Crippen LogP contribution in [0.5, 0.6) is 0 Å². The van der Waals surface area contributed by atoms with Gasteiger partial charge in [-0.15, -0.1) is 0 Å². The minimum absolute atomic E-state index is 0.0336. The van der Waals surface area contributed by atoms with Crippen molar-refractivity contribution in [1.29, 1.82) is 0 Å². The molecule has 148 valence electrons. The number of hydrogen-bond acceptors (Lipinski definition) is 4. The molecule has 9 heteroatoms. The SMILES string of the molecule is CN(COCCCOCc1ccccc1)S(=O)(=O)c1c(Cl)cc(Cl)cc1Cl. The summed E-state index contributed by atoms with van der Waals surface area (Å²) in [4.78, 5) is -0.187. The van der Waals surface area contributed by atoms with E-state index in [1.165, 1.54) is 19.2 Å². The van der Waals surface area contributed by atoms with E-state index >= 15 is 0 Å². The summed E-state index contributed by atoms with van der Waals surface area (Å²) >= 11 is 17.8. The van der Waals surface area contributed by atoms with Crippen LogP contribution in [0.25, 0.3) is 0 Å². The van der Waals surface area contributed by atoms with E-state index in [1.807, 2.05) is 30.3 Å². The molecule has 0 unspecified atom stereocenters. The van der Waals surface area contributed by atoms with Gasteiger partial charge in [0.2, 0.25) is 10.0 Å². The summed E-state index contributed by atoms with van der Waals surface area (Å²) in [6.45, 7) is 1.27. The van der Waals surface area contributed by atoms with E-state index in [0.29, 0.717) is 26.2 Å². The lowest BCUT2D eigenvalue weighted by atomic mass is 10.2. The van der Waals surface area contributed by atoms with Crippen LogP contribution in [0, 0.1) is 0 Å². The summed E-state index contributed by atoms with van der Waals surface area (Å²) in [7, 11) is -2.50. The Hall–Kier alpha value is -0.860. The van der Waals surface area contributed by atoms with Crippen LogP contribution in [0.1, 0.15) is 12.0 Å². The lowest BCUT2D eigenvalue weighted by molar-refractivity contribution is 0.0507. The summed E-state index contributed by atoms with van der Waals surface area (Å²) in [5, 5.41) is 0.195. The second-order valence-electron chi connectivity index (χ2n) is 5.73. The van der Waals surface area contributed by atoms with Crippen molar-refractivity contribution in [3.8, 4) is 0 Å². The molecule has 0 aliphatic rings. The smallest absolute Gasteiger partial charge is 0.247 e. The largest absolute Gasteiger partial charge is 0.377 e. The van der Waals surface area contributed by atoms with E-state index in [2.05, 4.69) is 0 Å². The Morgan fingerprint density at radius 2 is 1.56 bits per heavy atom. The number of nitrogens with zero attached hydrogens (tertiary/aromatic N) is 1. The van der Waals surface area contributed by atoms with Crippen molar-refractivity contribution >= 4 is 44.8 Å². The van der Waals surface area contributed by atoms with Gasteiger partial charge in [-0.1, -0.05) is 65.1 Å². The van der Waals surface area contributed by atoms with Gasteiger partial charge in [-0.05, 0) is 24.1 Å². The van der Waals surface area contributed by atoms with Gasteiger partial charge in [-0.2, -0.15) is 4.31 Å². The third-order valence-electron chi connectivity index (χ3n) is 3.59. The van der Waals surface area contributed by atoms with Crippen LogP contribution >= 0.6 is 34.8 Å². The van der Waals surface area contributed by atoms with E-state index in [9.17, 15) is 8.42 Å². The monoisotopic (exact) mass is 451 g/mol. The van der Waals surface area contributed by atoms with Crippen LogP contribution in [-0.4, -0.2) is 39.7 Å². The van der Waals surface area contributed by atoms with Crippen LogP contribution < -0.4 is 0 Å². The maximum atomic E-state index is 12.6. The average molecular weight is 453 g/mol. The first-order chi connectivity index (χ1) is 12.8. The molecule has 0 saturated heterocycles. The lowest BCUT2D eigenvalue weighted by Crippen LogP contribution is -2.30. The molecule has 0 atom stereocenters. The molecule has 0 spiro atoms. The van der Waals surface area contributed by atoms with Crippen LogP contribution in [0.4, 0.5) is 0 Å². The van der Waals surface area contributed by atoms with Crippen molar-refractivity contribution in [3.05, 3.63) is 63.1 Å². The third-order valence-corrected chi connectivity index (χ3v) is 6.51. The second kappa shape index (κ2) is 10.6. The molecule has 0 heterocycles. The molecule has 0 bridgehead atoms. The number of sulfonamides is 1. The van der Waals surface area contributed by atoms with Crippen molar-refractivity contribution in [2.24, 2.45) is 0 Å². The molecule has 0 amide bonds. The maximum Gasteiger partial charge on any atom is 0.247 e. The number of ether oxygens (including phenoxy) is 2. The molecular formula is C18H20Cl3NO4S. The molecule has 0 N–H and O–H groups in total. The molecule has 0 aromatic heterocycles. The molecule has 2 aromatic carbocycles. The first-order valence-electron chi connectivity index (χ1n) is 8.12. The van der Waals surface area contributed by atoms with Crippen LogP contribution in [0.2, 0.25) is 15.1 Å². The minimum Gasteiger partial charge on any atom is -0.377 e. The van der Waals surface area contributed by atoms with Gasteiger partial charge in [0, 0.05) is 18.7 Å². The van der Waals surface area contributed by atoms with Crippen molar-refractivity contribution in [3.63, 3.8) is 0 Å². The molecule has 5 nitrogen and oxygen atoms in total. The zero-order chi connectivity index (χ0) is 19.9. The molecule has 2 aromatic rings. The second-order valence-corrected chi connectivity index (χ2v) is 8.96. The Balaban J connectivity index is 1.76. The fourth-order valence-electron chi connectivity index (χ4n) is 2.22. The summed E-state index contributed by atoms with van der Waals surface area (Å²) < 4.78 is 37.2. The van der Waals surface area contributed by atoms with Gasteiger partial charge >= 0.3 is 0 Å². The van der Waals surface area contributed by atoms with Crippen LogP contribution in [0.15, 0.2) is 47.4 Å². The number of halogens is 3. The Bertz CT molecular complexity index is 824. The third kappa shape index (κ3) is 6.61. The lowest BCUT2D eigenvalue weighted by Gasteiger charge is -2.19. The van der Waals surface area contributed by atoms with E-state index in [4.69, 9.17) is 44.3 Å². The Labute approximate surface area is 174 Å². The molecule has 0 fully saturated rings. The number of hydrogen-bond donors (Lipinski definition) is 0. The zero-order valence-corrected chi connectivity index (χ0v) is 17.8. The minimum atomic E-state index is -3.90. The van der Waals surface area contributed by atoms with Gasteiger partial charge in [0.1, 0.15) is 11.6 Å². The van der Waals surface area contributed by atoms with Crippen LogP contribution in [0.3, 0.4) is 0 Å². The van der Waals surface area contributed by atoms with Crippen molar-refractivity contribution in [2.45, 2.75) is 17.9 Å². The summed E-state index contributed by atoms with van der Waals surface area (Å²) in [6, 6.07) is 12.5. The highest BCUT2D eigenvalue weighted by atomic mass is 35.5. The van der Waals surface area contributed by atoms with Gasteiger partial charge in [-0.3, -0.25) is 0 Å². The molecule has 0 aliphatic carbocycles. The maximum absolute atomic E-state index is 12.6. The quantitative estimate of drug-likeness (QED) is 0.382. The Morgan fingerprint density at radius 3 is 2.19 bits per heavy atom. The molecule has 27 heavy (non-hydrogen) atoms. The normalized spacial score (nSPS) is 11.9. The fourth-order valence-corrected chi connectivity index (χ4v) is 4.76.